The van der Waals surface area contributed by atoms with Crippen LogP contribution in [-0.4, -0.2) is 59.7 Å². The second-order valence-corrected chi connectivity index (χ2v) is 8.12. The van der Waals surface area contributed by atoms with Crippen molar-refractivity contribution in [2.24, 2.45) is 0 Å². The summed E-state index contributed by atoms with van der Waals surface area (Å²) in [5.74, 6) is -1.22. The minimum Gasteiger partial charge on any atom is -0.346 e. The van der Waals surface area contributed by atoms with Gasteiger partial charge in [-0.3, -0.25) is 19.3 Å². The van der Waals surface area contributed by atoms with Gasteiger partial charge in [0, 0.05) is 37.9 Å². The molecule has 2 aromatic carbocycles. The number of nitrogens with zero attached hydrogens (tertiary/aromatic N) is 2. The molecule has 0 unspecified atom stereocenters. The molecule has 1 atom stereocenters. The second-order valence-electron chi connectivity index (χ2n) is 8.12. The van der Waals surface area contributed by atoms with Crippen molar-refractivity contribution in [2.75, 3.05) is 31.5 Å². The minimum absolute atomic E-state index is 0.0920. The number of hydrogen-bond acceptors (Lipinski definition) is 4. The summed E-state index contributed by atoms with van der Waals surface area (Å²) in [6, 6.07) is 16.7. The summed E-state index contributed by atoms with van der Waals surface area (Å²) < 4.78 is 0. The van der Waals surface area contributed by atoms with Gasteiger partial charge in [-0.15, -0.1) is 0 Å². The summed E-state index contributed by atoms with van der Waals surface area (Å²) in [5.41, 5.74) is 2.76. The van der Waals surface area contributed by atoms with E-state index in [9.17, 15) is 14.4 Å². The molecule has 1 heterocycles. The number of hydrogen-bond donors (Lipinski definition) is 2. The first-order valence-electron chi connectivity index (χ1n) is 10.6. The maximum Gasteiger partial charge on any atom is 0.311 e. The highest BCUT2D eigenvalue weighted by molar-refractivity contribution is 6.35. The molecule has 1 aliphatic heterocycles. The van der Waals surface area contributed by atoms with Crippen LogP contribution in [0.1, 0.15) is 31.0 Å². The Morgan fingerprint density at radius 1 is 0.871 bits per heavy atom. The summed E-state index contributed by atoms with van der Waals surface area (Å²) in [6.45, 7) is 7.43. The number of carbonyl (C=O) groups is 3. The molecule has 0 radical (unpaired) electrons. The lowest BCUT2D eigenvalue weighted by atomic mass is 10.0. The molecule has 164 valence electrons. The number of rotatable bonds is 5. The predicted molar refractivity (Wildman–Crippen MR) is 120 cm³/mol. The molecule has 0 aliphatic carbocycles. The number of nitrogens with one attached hydrogen (secondary N) is 2. The highest BCUT2D eigenvalue weighted by Gasteiger charge is 2.33. The zero-order valence-corrected chi connectivity index (χ0v) is 18.3. The third-order valence-electron chi connectivity index (χ3n) is 5.26. The van der Waals surface area contributed by atoms with Crippen molar-refractivity contribution < 1.29 is 14.4 Å². The molecule has 0 aromatic heterocycles. The SMILES string of the molecule is Cc1ccc(NC(=O)[C@H](c2ccccc2)N2CCN(C(=O)C(=O)NC(C)C)CC2)cc1. The third kappa shape index (κ3) is 5.92. The van der Waals surface area contributed by atoms with Gasteiger partial charge < -0.3 is 15.5 Å². The van der Waals surface area contributed by atoms with E-state index in [0.29, 0.717) is 26.2 Å². The summed E-state index contributed by atoms with van der Waals surface area (Å²) in [4.78, 5) is 41.3. The van der Waals surface area contributed by atoms with E-state index < -0.39 is 17.9 Å². The number of benzene rings is 2. The molecule has 2 N–H and O–H groups in total. The Bertz CT molecular complexity index is 904. The van der Waals surface area contributed by atoms with E-state index in [4.69, 9.17) is 0 Å². The zero-order valence-electron chi connectivity index (χ0n) is 18.3. The van der Waals surface area contributed by atoms with E-state index in [-0.39, 0.29) is 11.9 Å². The molecule has 0 spiro atoms. The maximum absolute atomic E-state index is 13.2. The van der Waals surface area contributed by atoms with Gasteiger partial charge in [0.1, 0.15) is 6.04 Å². The molecule has 0 bridgehead atoms. The molecule has 7 nitrogen and oxygen atoms in total. The highest BCUT2D eigenvalue weighted by atomic mass is 16.2. The molecule has 7 heteroatoms. The van der Waals surface area contributed by atoms with Gasteiger partial charge in [-0.2, -0.15) is 0 Å². The average molecular weight is 423 g/mol. The largest absolute Gasteiger partial charge is 0.346 e. The van der Waals surface area contributed by atoms with Gasteiger partial charge in [0.05, 0.1) is 0 Å². The van der Waals surface area contributed by atoms with Crippen LogP contribution in [0, 0.1) is 6.92 Å². The van der Waals surface area contributed by atoms with Crippen LogP contribution in [0.3, 0.4) is 0 Å². The Morgan fingerprint density at radius 2 is 1.48 bits per heavy atom. The Morgan fingerprint density at radius 3 is 2.06 bits per heavy atom. The van der Waals surface area contributed by atoms with Crippen LogP contribution in [0.15, 0.2) is 54.6 Å². The van der Waals surface area contributed by atoms with Crippen molar-refractivity contribution in [1.29, 1.82) is 0 Å². The van der Waals surface area contributed by atoms with Crippen LogP contribution in [0.2, 0.25) is 0 Å². The number of carbonyl (C=O) groups excluding carboxylic acids is 3. The van der Waals surface area contributed by atoms with Gasteiger partial charge in [-0.05, 0) is 38.5 Å². The van der Waals surface area contributed by atoms with E-state index in [0.717, 1.165) is 16.8 Å². The second kappa shape index (κ2) is 10.2. The minimum atomic E-state index is -0.583. The molecular formula is C24H30N4O3. The molecule has 2 aromatic rings. The normalized spacial score (nSPS) is 15.4. The van der Waals surface area contributed by atoms with Gasteiger partial charge in [-0.25, -0.2) is 0 Å². The number of anilines is 1. The molecular weight excluding hydrogens is 392 g/mol. The lowest BCUT2D eigenvalue weighted by molar-refractivity contribution is -0.147. The Labute approximate surface area is 183 Å². The first-order chi connectivity index (χ1) is 14.8. The average Bonchev–Trinajstić information content (AvgIpc) is 2.76. The zero-order chi connectivity index (χ0) is 22.4. The van der Waals surface area contributed by atoms with Crippen molar-refractivity contribution in [2.45, 2.75) is 32.9 Å². The van der Waals surface area contributed by atoms with E-state index >= 15 is 0 Å². The lowest BCUT2D eigenvalue weighted by Gasteiger charge is -2.38. The first-order valence-corrected chi connectivity index (χ1v) is 10.6. The van der Waals surface area contributed by atoms with Crippen molar-refractivity contribution in [3.8, 4) is 0 Å². The quantitative estimate of drug-likeness (QED) is 0.725. The van der Waals surface area contributed by atoms with Crippen molar-refractivity contribution >= 4 is 23.4 Å². The molecule has 31 heavy (non-hydrogen) atoms. The maximum atomic E-state index is 13.2. The Kier molecular flexibility index (Phi) is 7.41. The van der Waals surface area contributed by atoms with Gasteiger partial charge in [0.25, 0.3) is 0 Å². The van der Waals surface area contributed by atoms with Crippen LogP contribution in [0.25, 0.3) is 0 Å². The van der Waals surface area contributed by atoms with Gasteiger partial charge in [0.2, 0.25) is 5.91 Å². The summed E-state index contributed by atoms with van der Waals surface area (Å²) in [6.07, 6.45) is 0. The van der Waals surface area contributed by atoms with E-state index in [1.54, 1.807) is 4.90 Å². The third-order valence-corrected chi connectivity index (χ3v) is 5.26. The molecule has 1 saturated heterocycles. The van der Waals surface area contributed by atoms with Crippen molar-refractivity contribution in [1.82, 2.24) is 15.1 Å². The van der Waals surface area contributed by atoms with Crippen LogP contribution in [0.4, 0.5) is 5.69 Å². The predicted octanol–water partition coefficient (Wildman–Crippen LogP) is 2.34. The monoisotopic (exact) mass is 422 g/mol. The fourth-order valence-electron chi connectivity index (χ4n) is 3.66. The van der Waals surface area contributed by atoms with Crippen LogP contribution in [-0.2, 0) is 14.4 Å². The van der Waals surface area contributed by atoms with Crippen LogP contribution in [0.5, 0.6) is 0 Å². The van der Waals surface area contributed by atoms with E-state index in [2.05, 4.69) is 15.5 Å². The Hall–Kier alpha value is -3.19. The van der Waals surface area contributed by atoms with E-state index in [1.165, 1.54) is 0 Å². The molecule has 3 amide bonds. The summed E-state index contributed by atoms with van der Waals surface area (Å²) in [7, 11) is 0. The number of aryl methyl sites for hydroxylation is 1. The fourth-order valence-corrected chi connectivity index (χ4v) is 3.66. The smallest absolute Gasteiger partial charge is 0.311 e. The topological polar surface area (TPSA) is 81.8 Å². The number of amides is 3. The molecule has 1 fully saturated rings. The van der Waals surface area contributed by atoms with E-state index in [1.807, 2.05) is 75.4 Å². The van der Waals surface area contributed by atoms with Crippen molar-refractivity contribution in [3.05, 3.63) is 65.7 Å². The first kappa shape index (κ1) is 22.5. The van der Waals surface area contributed by atoms with Gasteiger partial charge in [-0.1, -0.05) is 48.0 Å². The summed E-state index contributed by atoms with van der Waals surface area (Å²) in [5, 5.41) is 5.65. The van der Waals surface area contributed by atoms with Gasteiger partial charge in [0.15, 0.2) is 0 Å². The van der Waals surface area contributed by atoms with Crippen LogP contribution < -0.4 is 10.6 Å². The molecule has 1 aliphatic rings. The highest BCUT2D eigenvalue weighted by Crippen LogP contribution is 2.24. The van der Waals surface area contributed by atoms with Crippen molar-refractivity contribution in [3.63, 3.8) is 0 Å². The molecule has 3 rings (SSSR count). The van der Waals surface area contributed by atoms with Crippen LogP contribution >= 0.6 is 0 Å². The number of piperazine rings is 1. The lowest BCUT2D eigenvalue weighted by Crippen LogP contribution is -2.55. The van der Waals surface area contributed by atoms with Gasteiger partial charge >= 0.3 is 11.8 Å². The summed E-state index contributed by atoms with van der Waals surface area (Å²) >= 11 is 0. The Balaban J connectivity index is 1.71. The standard InChI is InChI=1S/C24H30N4O3/c1-17(2)25-23(30)24(31)28-15-13-27(14-16-28)21(19-7-5-4-6-8-19)22(29)26-20-11-9-18(3)10-12-20/h4-12,17,21H,13-16H2,1-3H3,(H,25,30)(H,26,29)/t21-/m0/s1. The fraction of sp³-hybridized carbons (Fsp3) is 0.375. The molecule has 0 saturated carbocycles.